The summed E-state index contributed by atoms with van der Waals surface area (Å²) in [5, 5.41) is 4.92. The van der Waals surface area contributed by atoms with Crippen LogP contribution in [0.4, 0.5) is 0 Å². The second-order valence-electron chi connectivity index (χ2n) is 11.7. The summed E-state index contributed by atoms with van der Waals surface area (Å²) < 4.78 is 0. The molecule has 4 heteroatoms. The Bertz CT molecular complexity index is 1700. The fourth-order valence-corrected chi connectivity index (χ4v) is 6.72. The number of hydrogen-bond acceptors (Lipinski definition) is 2. The average molecular weight is 546 g/mol. The molecule has 0 aliphatic rings. The van der Waals surface area contributed by atoms with E-state index in [2.05, 4.69) is 151 Å². The first-order valence-electron chi connectivity index (χ1n) is 14.8. The zero-order valence-electron chi connectivity index (χ0n) is 25.7. The van der Waals surface area contributed by atoms with E-state index in [1.54, 1.807) is 0 Å². The fraction of sp³-hybridized carbons (Fsp3) is 0.158. The summed E-state index contributed by atoms with van der Waals surface area (Å²) in [5.41, 5.74) is 25.9. The van der Waals surface area contributed by atoms with Crippen molar-refractivity contribution in [2.75, 3.05) is 0 Å². The van der Waals surface area contributed by atoms with E-state index < -0.39 is 0 Å². The zero-order chi connectivity index (χ0) is 30.0. The quantitative estimate of drug-likeness (QED) is 0.281. The van der Waals surface area contributed by atoms with Gasteiger partial charge < -0.3 is 11.3 Å². The summed E-state index contributed by atoms with van der Waals surface area (Å²) in [5.74, 6) is 0. The predicted octanol–water partition coefficient (Wildman–Crippen LogP) is 5.66. The maximum atomic E-state index is 6.65. The molecule has 0 unspecified atom stereocenters. The number of nitrogens with two attached hydrogens (primary N) is 2. The third kappa shape index (κ3) is 5.92. The van der Waals surface area contributed by atoms with Crippen LogP contribution < -0.4 is 33.1 Å². The normalized spacial score (nSPS) is 10.9. The SMILES string of the molecule is Cc1cc(C)c(B(N)c2c(C)cc(C)cc2C)c(C)c1.NB(c1cccc2ccccc12)c1cccc2ccccc12. The highest BCUT2D eigenvalue weighted by Gasteiger charge is 2.23. The van der Waals surface area contributed by atoms with Gasteiger partial charge >= 0.3 is 0 Å². The first kappa shape index (κ1) is 29.4. The standard InChI is InChI=1S/C20H16BN.C18H24BN/c22-21(19-13-5-9-15-7-1-3-11-17(15)19)20-14-6-10-16-8-2-4-12-18(16)20;1-11-7-13(3)17(14(4)8-11)19(20)18-15(5)9-12(2)10-16(18)6/h1-14H,22H2;7-10H,20H2,1-6H3. The fourth-order valence-electron chi connectivity index (χ4n) is 6.72. The maximum Gasteiger partial charge on any atom is 0.287 e. The van der Waals surface area contributed by atoms with Crippen molar-refractivity contribution >= 4 is 57.1 Å². The van der Waals surface area contributed by atoms with Gasteiger partial charge in [-0.15, -0.1) is 0 Å². The van der Waals surface area contributed by atoms with Gasteiger partial charge in [0.15, 0.2) is 0 Å². The minimum atomic E-state index is -0.128. The van der Waals surface area contributed by atoms with Gasteiger partial charge in [0.2, 0.25) is 0 Å². The number of hydrogen-bond donors (Lipinski definition) is 2. The molecule has 6 aromatic carbocycles. The topological polar surface area (TPSA) is 52.0 Å². The molecule has 2 nitrogen and oxygen atoms in total. The van der Waals surface area contributed by atoms with E-state index in [1.165, 1.54) is 76.8 Å². The van der Waals surface area contributed by atoms with Crippen molar-refractivity contribution < 1.29 is 0 Å². The van der Waals surface area contributed by atoms with Gasteiger partial charge in [0.1, 0.15) is 0 Å². The van der Waals surface area contributed by atoms with Crippen LogP contribution in [0.15, 0.2) is 109 Å². The number of fused-ring (bicyclic) bond motifs is 2. The van der Waals surface area contributed by atoms with Crippen LogP contribution in [0.3, 0.4) is 0 Å². The molecule has 0 fully saturated rings. The second kappa shape index (κ2) is 12.4. The third-order valence-corrected chi connectivity index (χ3v) is 8.41. The summed E-state index contributed by atoms with van der Waals surface area (Å²) in [4.78, 5) is 0. The van der Waals surface area contributed by atoms with E-state index in [-0.39, 0.29) is 13.7 Å². The Morgan fingerprint density at radius 3 is 1.12 bits per heavy atom. The molecule has 6 aromatic rings. The smallest absolute Gasteiger partial charge is 0.287 e. The summed E-state index contributed by atoms with van der Waals surface area (Å²) >= 11 is 0. The van der Waals surface area contributed by atoms with Crippen molar-refractivity contribution in [2.45, 2.75) is 41.5 Å². The molecule has 0 bridgehead atoms. The van der Waals surface area contributed by atoms with Gasteiger partial charge in [-0.25, -0.2) is 0 Å². The Hall–Kier alpha value is -4.11. The summed E-state index contributed by atoms with van der Waals surface area (Å²) in [7, 11) is 0. The molecule has 0 aliphatic heterocycles. The van der Waals surface area contributed by atoms with Crippen molar-refractivity contribution in [1.29, 1.82) is 0 Å². The van der Waals surface area contributed by atoms with Gasteiger partial charge in [-0.3, -0.25) is 0 Å². The highest BCUT2D eigenvalue weighted by molar-refractivity contribution is 6.86. The van der Waals surface area contributed by atoms with Crippen molar-refractivity contribution in [3.8, 4) is 0 Å². The van der Waals surface area contributed by atoms with Crippen LogP contribution in [0.2, 0.25) is 0 Å². The molecule has 0 heterocycles. The number of aryl methyl sites for hydroxylation is 6. The molecule has 0 aliphatic carbocycles. The van der Waals surface area contributed by atoms with E-state index in [9.17, 15) is 0 Å². The minimum absolute atomic E-state index is 0.0452. The van der Waals surface area contributed by atoms with Crippen LogP contribution in [0.1, 0.15) is 33.4 Å². The highest BCUT2D eigenvalue weighted by Crippen LogP contribution is 2.15. The Balaban J connectivity index is 0.000000169. The van der Waals surface area contributed by atoms with Crippen LogP contribution in [0, 0.1) is 41.5 Å². The Morgan fingerprint density at radius 1 is 0.405 bits per heavy atom. The third-order valence-electron chi connectivity index (χ3n) is 8.41. The van der Waals surface area contributed by atoms with Crippen LogP contribution >= 0.6 is 0 Å². The van der Waals surface area contributed by atoms with Gasteiger partial charge in [-0.2, -0.15) is 0 Å². The number of rotatable bonds is 4. The summed E-state index contributed by atoms with van der Waals surface area (Å²) in [6.07, 6.45) is 0. The van der Waals surface area contributed by atoms with Crippen molar-refractivity contribution in [3.05, 3.63) is 143 Å². The van der Waals surface area contributed by atoms with E-state index in [4.69, 9.17) is 11.3 Å². The van der Waals surface area contributed by atoms with Gasteiger partial charge in [0.05, 0.1) is 0 Å². The van der Waals surface area contributed by atoms with E-state index >= 15 is 0 Å². The van der Waals surface area contributed by atoms with E-state index in [0.717, 1.165) is 0 Å². The van der Waals surface area contributed by atoms with Crippen molar-refractivity contribution in [2.24, 2.45) is 11.3 Å². The summed E-state index contributed by atoms with van der Waals surface area (Å²) in [6, 6.07) is 38.4. The lowest BCUT2D eigenvalue weighted by molar-refractivity contribution is 1.33. The van der Waals surface area contributed by atoms with Gasteiger partial charge in [-0.05, 0) is 74.0 Å². The lowest BCUT2D eigenvalue weighted by atomic mass is 9.48. The molecule has 0 saturated carbocycles. The summed E-state index contributed by atoms with van der Waals surface area (Å²) in [6.45, 7) is 12.7. The molecule has 42 heavy (non-hydrogen) atoms. The molecule has 0 radical (unpaired) electrons. The van der Waals surface area contributed by atoms with Gasteiger partial charge in [0.25, 0.3) is 13.7 Å². The van der Waals surface area contributed by atoms with Crippen LogP contribution in [0.5, 0.6) is 0 Å². The van der Waals surface area contributed by atoms with E-state index in [1.807, 2.05) is 0 Å². The second-order valence-corrected chi connectivity index (χ2v) is 11.7. The van der Waals surface area contributed by atoms with Crippen molar-refractivity contribution in [3.63, 3.8) is 0 Å². The number of benzene rings is 6. The first-order valence-corrected chi connectivity index (χ1v) is 14.8. The lowest BCUT2D eigenvalue weighted by Crippen LogP contribution is -2.54. The van der Waals surface area contributed by atoms with Crippen molar-refractivity contribution in [1.82, 2.24) is 0 Å². The van der Waals surface area contributed by atoms with Gasteiger partial charge in [0, 0.05) is 0 Å². The average Bonchev–Trinajstić information content (AvgIpc) is 2.95. The monoisotopic (exact) mass is 546 g/mol. The van der Waals surface area contributed by atoms with Crippen LogP contribution in [0.25, 0.3) is 21.5 Å². The van der Waals surface area contributed by atoms with E-state index in [0.29, 0.717) is 0 Å². The zero-order valence-corrected chi connectivity index (χ0v) is 25.7. The molecule has 0 saturated heterocycles. The highest BCUT2D eigenvalue weighted by atomic mass is 14.4. The molecule has 6 rings (SSSR count). The molecule has 0 amide bonds. The maximum absolute atomic E-state index is 6.65. The molecule has 0 spiro atoms. The first-order chi connectivity index (χ1) is 20.2. The largest absolute Gasteiger partial charge is 0.362 e. The molecular formula is C38H40B2N2. The molecule has 4 N–H and O–H groups in total. The van der Waals surface area contributed by atoms with Crippen LogP contribution in [-0.2, 0) is 0 Å². The molecule has 208 valence electrons. The van der Waals surface area contributed by atoms with Crippen LogP contribution in [-0.4, -0.2) is 13.7 Å². The Kier molecular flexibility index (Phi) is 8.68. The predicted molar refractivity (Wildman–Crippen MR) is 188 cm³/mol. The Morgan fingerprint density at radius 2 is 0.738 bits per heavy atom. The Labute approximate surface area is 252 Å². The molecule has 0 aromatic heterocycles. The molecule has 0 atom stereocenters. The molecular weight excluding hydrogens is 506 g/mol. The lowest BCUT2D eigenvalue weighted by Gasteiger charge is -2.20. The van der Waals surface area contributed by atoms with Gasteiger partial charge in [-0.1, -0.05) is 154 Å². The minimum Gasteiger partial charge on any atom is -0.362 e.